The number of carbonyl (C=O) groups is 4. The molecule has 1 aliphatic heterocycles. The summed E-state index contributed by atoms with van der Waals surface area (Å²) in [5.41, 5.74) is -4.62. The number of aliphatic hydroxyl groups excluding tert-OH is 2. The number of benzene rings is 2. The molecule has 4 rings (SSSR count). The van der Waals surface area contributed by atoms with E-state index in [2.05, 4.69) is 0 Å². The van der Waals surface area contributed by atoms with Gasteiger partial charge in [-0.3, -0.25) is 14.4 Å². The van der Waals surface area contributed by atoms with E-state index in [4.69, 9.17) is 4.74 Å². The van der Waals surface area contributed by atoms with Gasteiger partial charge >= 0.3 is 5.97 Å². The second-order valence-electron chi connectivity index (χ2n) is 11.5. The Morgan fingerprint density at radius 1 is 0.936 bits per heavy atom. The summed E-state index contributed by atoms with van der Waals surface area (Å²) in [4.78, 5) is 52.5. The molecule has 0 fully saturated rings. The molecule has 2 aromatic carbocycles. The van der Waals surface area contributed by atoms with Crippen LogP contribution in [0.2, 0.25) is 0 Å². The van der Waals surface area contributed by atoms with Crippen molar-refractivity contribution in [3.05, 3.63) is 87.9 Å². The first kappa shape index (κ1) is 34.4. The number of esters is 1. The van der Waals surface area contributed by atoms with Crippen LogP contribution in [0, 0.1) is 5.92 Å². The number of hydrogen-bond acceptors (Lipinski definition) is 12. The average Bonchev–Trinajstić information content (AvgIpc) is 3.39. The lowest BCUT2D eigenvalue weighted by molar-refractivity contribution is -0.145. The van der Waals surface area contributed by atoms with Crippen LogP contribution < -0.4 is 0 Å². The maximum absolute atomic E-state index is 13.4. The lowest BCUT2D eigenvalue weighted by Gasteiger charge is -2.28. The molecule has 3 atom stereocenters. The van der Waals surface area contributed by atoms with E-state index < -0.39 is 104 Å². The lowest BCUT2D eigenvalue weighted by atomic mass is 9.81. The van der Waals surface area contributed by atoms with Crippen molar-refractivity contribution in [3.8, 4) is 23.0 Å². The molecular formula is C35H34O12. The van der Waals surface area contributed by atoms with Crippen LogP contribution in [-0.2, 0) is 23.9 Å². The molecule has 0 saturated carbocycles. The third-order valence-electron chi connectivity index (χ3n) is 8.06. The number of rotatable bonds is 10. The summed E-state index contributed by atoms with van der Waals surface area (Å²) in [6, 6.07) is 5.22. The molecule has 0 amide bonds. The van der Waals surface area contributed by atoms with Gasteiger partial charge in [-0.15, -0.1) is 0 Å². The number of aliphatic hydroxyl groups is 3. The molecule has 0 radical (unpaired) electrons. The second-order valence-corrected chi connectivity index (χ2v) is 11.5. The summed E-state index contributed by atoms with van der Waals surface area (Å²) in [6.07, 6.45) is 3.59. The highest BCUT2D eigenvalue weighted by atomic mass is 16.6. The number of hydrogen-bond donors (Lipinski definition) is 7. The smallest absolute Gasteiger partial charge is 0.348 e. The van der Waals surface area contributed by atoms with E-state index >= 15 is 0 Å². The van der Waals surface area contributed by atoms with Gasteiger partial charge in [-0.1, -0.05) is 44.1 Å². The number of phenolic OH excluding ortho intramolecular Hbond substituents is 4. The van der Waals surface area contributed by atoms with Crippen molar-refractivity contribution in [3.63, 3.8) is 0 Å². The summed E-state index contributed by atoms with van der Waals surface area (Å²) >= 11 is 0. The molecule has 1 heterocycles. The van der Waals surface area contributed by atoms with Crippen molar-refractivity contribution in [1.29, 1.82) is 0 Å². The number of carbonyl (C=O) groups excluding carboxylic acids is 4. The minimum Gasteiger partial charge on any atom is -0.504 e. The molecule has 0 spiro atoms. The Labute approximate surface area is 269 Å². The van der Waals surface area contributed by atoms with Gasteiger partial charge in [0.05, 0.1) is 0 Å². The van der Waals surface area contributed by atoms with Gasteiger partial charge in [-0.2, -0.15) is 0 Å². The van der Waals surface area contributed by atoms with Gasteiger partial charge in [0.25, 0.3) is 0 Å². The van der Waals surface area contributed by atoms with Crippen LogP contribution in [0.1, 0.15) is 57.2 Å². The fourth-order valence-electron chi connectivity index (χ4n) is 5.36. The number of allylic oxidation sites excluding steroid dienone is 4. The Morgan fingerprint density at radius 2 is 1.55 bits per heavy atom. The van der Waals surface area contributed by atoms with Gasteiger partial charge in [0.2, 0.25) is 0 Å². The van der Waals surface area contributed by atoms with Crippen LogP contribution >= 0.6 is 0 Å². The minimum absolute atomic E-state index is 0.186. The zero-order valence-electron chi connectivity index (χ0n) is 25.9. The van der Waals surface area contributed by atoms with Crippen LogP contribution in [0.3, 0.4) is 0 Å². The lowest BCUT2D eigenvalue weighted by Crippen LogP contribution is -2.48. The molecule has 47 heavy (non-hydrogen) atoms. The first-order valence-electron chi connectivity index (χ1n) is 14.6. The predicted molar refractivity (Wildman–Crippen MR) is 169 cm³/mol. The van der Waals surface area contributed by atoms with E-state index in [-0.39, 0.29) is 11.5 Å². The maximum Gasteiger partial charge on any atom is 0.348 e. The standard InChI is InChI=1S/C35H34O12/c1-5-16(2)10-17(3)6-8-20(37)13-23-30(35(46,18(4)36)33(44)31(23)42)22-15-27(41)26(40)14-21(22)29-32(43)28(47-34(29)45)12-19-7-9-24(38)25(39)11-19/h6-12,14-16,33,38-41,43-44,46H,5,13H2,1-4H3/b8-6+,17-10+,28-12-. The summed E-state index contributed by atoms with van der Waals surface area (Å²) in [6.45, 7) is 6.66. The van der Waals surface area contributed by atoms with Crippen LogP contribution in [0.25, 0.3) is 17.2 Å². The van der Waals surface area contributed by atoms with E-state index in [1.165, 1.54) is 18.2 Å². The Kier molecular flexibility index (Phi) is 9.60. The van der Waals surface area contributed by atoms with Crippen LogP contribution in [-0.4, -0.2) is 70.8 Å². The largest absolute Gasteiger partial charge is 0.504 e. The van der Waals surface area contributed by atoms with Crippen molar-refractivity contribution in [2.24, 2.45) is 5.92 Å². The quantitative estimate of drug-likeness (QED) is 0.0846. The molecule has 0 saturated heterocycles. The predicted octanol–water partition coefficient (Wildman–Crippen LogP) is 3.90. The third kappa shape index (κ3) is 6.46. The Balaban J connectivity index is 1.94. The van der Waals surface area contributed by atoms with Gasteiger partial charge in [0.15, 0.2) is 63.6 Å². The van der Waals surface area contributed by atoms with E-state index in [9.17, 15) is 54.9 Å². The van der Waals surface area contributed by atoms with Crippen molar-refractivity contribution in [2.45, 2.75) is 52.2 Å². The molecule has 7 N–H and O–H groups in total. The topological polar surface area (TPSA) is 219 Å². The highest BCUT2D eigenvalue weighted by Crippen LogP contribution is 2.48. The first-order chi connectivity index (χ1) is 22.0. The van der Waals surface area contributed by atoms with Crippen LogP contribution in [0.5, 0.6) is 23.0 Å². The number of ketones is 3. The number of cyclic esters (lactones) is 1. The minimum atomic E-state index is -2.96. The van der Waals surface area contributed by atoms with E-state index in [0.717, 1.165) is 49.3 Å². The van der Waals surface area contributed by atoms with E-state index in [1.807, 2.05) is 19.9 Å². The molecule has 2 aromatic rings. The normalized spacial score (nSPS) is 21.7. The van der Waals surface area contributed by atoms with Gasteiger partial charge in [-0.25, -0.2) is 4.79 Å². The van der Waals surface area contributed by atoms with Gasteiger partial charge in [-0.05, 0) is 67.3 Å². The maximum atomic E-state index is 13.4. The fourth-order valence-corrected chi connectivity index (χ4v) is 5.36. The van der Waals surface area contributed by atoms with Gasteiger partial charge < -0.3 is 40.5 Å². The SMILES string of the molecule is CCC(C)/C=C(C)/C=C/C(=O)CC1=C(c2cc(O)c(O)cc2C2=C(O)/C(=C/c3ccc(O)c(O)c3)OC2=O)C(O)(C(C)=O)C(O)C1=O. The van der Waals surface area contributed by atoms with E-state index in [0.29, 0.717) is 0 Å². The van der Waals surface area contributed by atoms with Crippen molar-refractivity contribution in [1.82, 2.24) is 0 Å². The average molecular weight is 647 g/mol. The first-order valence-corrected chi connectivity index (χ1v) is 14.6. The molecule has 12 nitrogen and oxygen atoms in total. The molecule has 3 unspecified atom stereocenters. The van der Waals surface area contributed by atoms with Crippen LogP contribution in [0.4, 0.5) is 0 Å². The Bertz CT molecular complexity index is 1860. The number of phenols is 4. The Morgan fingerprint density at radius 3 is 2.15 bits per heavy atom. The third-order valence-corrected chi connectivity index (χ3v) is 8.06. The summed E-state index contributed by atoms with van der Waals surface area (Å²) in [5, 5.41) is 73.9. The van der Waals surface area contributed by atoms with Crippen molar-refractivity contribution >= 4 is 40.5 Å². The molecule has 0 aromatic heterocycles. The van der Waals surface area contributed by atoms with Crippen molar-refractivity contribution in [2.75, 3.05) is 0 Å². The zero-order valence-corrected chi connectivity index (χ0v) is 25.9. The molecule has 246 valence electrons. The molecular weight excluding hydrogens is 612 g/mol. The Hall–Kier alpha value is -5.46. The molecule has 1 aliphatic carbocycles. The van der Waals surface area contributed by atoms with E-state index in [1.54, 1.807) is 6.92 Å². The summed E-state index contributed by atoms with van der Waals surface area (Å²) in [5.74, 6) is -7.68. The number of ether oxygens (including phenoxy) is 1. The zero-order chi connectivity index (χ0) is 35.0. The van der Waals surface area contributed by atoms with Crippen molar-refractivity contribution < 1.29 is 59.7 Å². The van der Waals surface area contributed by atoms with Gasteiger partial charge in [0, 0.05) is 23.1 Å². The highest BCUT2D eigenvalue weighted by Gasteiger charge is 2.56. The molecule has 2 aliphatic rings. The monoisotopic (exact) mass is 646 g/mol. The second kappa shape index (κ2) is 13.1. The fraction of sp³-hybridized carbons (Fsp3) is 0.257. The van der Waals surface area contributed by atoms with Crippen LogP contribution in [0.15, 0.2) is 71.2 Å². The number of Topliss-reactive ketones (excluding diaryl/α,β-unsaturated/α-hetero) is 2. The van der Waals surface area contributed by atoms with Gasteiger partial charge in [0.1, 0.15) is 5.57 Å². The number of aromatic hydroxyl groups is 4. The molecule has 12 heteroatoms. The summed E-state index contributed by atoms with van der Waals surface area (Å²) < 4.78 is 5.20. The molecule has 0 bridgehead atoms. The summed E-state index contributed by atoms with van der Waals surface area (Å²) in [7, 11) is 0. The highest BCUT2D eigenvalue weighted by molar-refractivity contribution is 6.26.